The fraction of sp³-hybridized carbons (Fsp3) is 0.350. The van der Waals surface area contributed by atoms with E-state index in [0.29, 0.717) is 42.8 Å². The van der Waals surface area contributed by atoms with Crippen LogP contribution in [0.3, 0.4) is 0 Å². The smallest absolute Gasteiger partial charge is 0.243 e. The van der Waals surface area contributed by atoms with Gasteiger partial charge < -0.3 is 14.4 Å². The maximum absolute atomic E-state index is 12.7. The summed E-state index contributed by atoms with van der Waals surface area (Å²) in [7, 11) is -3.54. The highest BCUT2D eigenvalue weighted by molar-refractivity contribution is 7.89. The Kier molecular flexibility index (Phi) is 5.67. The lowest BCUT2D eigenvalue weighted by atomic mass is 10.1. The molecule has 0 aromatic heterocycles. The normalized spacial score (nSPS) is 17.2. The Morgan fingerprint density at radius 3 is 2.41 bits per heavy atom. The third kappa shape index (κ3) is 4.19. The highest BCUT2D eigenvalue weighted by Crippen LogP contribution is 2.38. The summed E-state index contributed by atoms with van der Waals surface area (Å²) in [6.45, 7) is 2.13. The topological polar surface area (TPSA) is 76.2 Å². The van der Waals surface area contributed by atoms with Crippen LogP contribution in [-0.4, -0.2) is 62.9 Å². The number of nitrogens with zero attached hydrogens (tertiary/aromatic N) is 2. The van der Waals surface area contributed by atoms with Crippen LogP contribution in [-0.2, 0) is 21.2 Å². The predicted molar refractivity (Wildman–Crippen MR) is 108 cm³/mol. The molecule has 0 saturated carbocycles. The van der Waals surface area contributed by atoms with E-state index in [9.17, 15) is 13.2 Å². The van der Waals surface area contributed by atoms with Crippen LogP contribution in [0, 0.1) is 0 Å². The van der Waals surface area contributed by atoms with Gasteiger partial charge in [0.15, 0.2) is 11.5 Å². The molecule has 4 rings (SSSR count). The summed E-state index contributed by atoms with van der Waals surface area (Å²) in [6, 6.07) is 11.8. The number of carbonyl (C=O) groups is 1. The van der Waals surface area contributed by atoms with Crippen molar-refractivity contribution >= 4 is 27.5 Å². The molecule has 0 aliphatic carbocycles. The van der Waals surface area contributed by atoms with E-state index in [1.54, 1.807) is 47.4 Å². The molecule has 1 amide bonds. The number of hydrogen-bond donors (Lipinski definition) is 0. The van der Waals surface area contributed by atoms with Crippen molar-refractivity contribution in [3.05, 3.63) is 53.1 Å². The molecular weight excluding hydrogens is 416 g/mol. The molecule has 0 bridgehead atoms. The van der Waals surface area contributed by atoms with E-state index in [1.807, 2.05) is 0 Å². The molecule has 0 spiro atoms. The molecule has 2 aliphatic rings. The second-order valence-corrected chi connectivity index (χ2v) is 9.22. The van der Waals surface area contributed by atoms with E-state index in [1.165, 1.54) is 4.31 Å². The zero-order valence-corrected chi connectivity index (χ0v) is 17.3. The van der Waals surface area contributed by atoms with E-state index < -0.39 is 10.0 Å². The molecule has 2 aromatic rings. The highest BCUT2D eigenvalue weighted by Gasteiger charge is 2.30. The lowest BCUT2D eigenvalue weighted by Gasteiger charge is -2.34. The van der Waals surface area contributed by atoms with Crippen LogP contribution in [0.1, 0.15) is 5.56 Å². The first-order chi connectivity index (χ1) is 13.9. The number of amides is 1. The number of ether oxygens (including phenoxy) is 2. The molecule has 0 unspecified atom stereocenters. The van der Waals surface area contributed by atoms with Crippen LogP contribution in [0.2, 0.25) is 5.02 Å². The Morgan fingerprint density at radius 2 is 1.69 bits per heavy atom. The fourth-order valence-electron chi connectivity index (χ4n) is 3.47. The molecule has 0 N–H and O–H groups in total. The van der Waals surface area contributed by atoms with E-state index in [-0.39, 0.29) is 30.3 Å². The maximum Gasteiger partial charge on any atom is 0.243 e. The van der Waals surface area contributed by atoms with E-state index in [2.05, 4.69) is 0 Å². The number of rotatable bonds is 4. The maximum atomic E-state index is 12.7. The number of benzene rings is 2. The Balaban J connectivity index is 1.39. The van der Waals surface area contributed by atoms with Crippen LogP contribution >= 0.6 is 11.6 Å². The number of halogens is 1. The van der Waals surface area contributed by atoms with E-state index in [4.69, 9.17) is 21.1 Å². The predicted octanol–water partition coefficient (Wildman–Crippen LogP) is 2.19. The standard InChI is InChI=1S/C20H21ClN2O5S/c21-17-12-15(13-18-20(17)28-11-10-27-18)14-19(24)22-6-8-23(9-7-22)29(25,26)16-4-2-1-3-5-16/h1-5,12-13H,6-11,14H2. The average Bonchev–Trinajstić information content (AvgIpc) is 2.74. The van der Waals surface area contributed by atoms with Crippen molar-refractivity contribution in [2.24, 2.45) is 0 Å². The Bertz CT molecular complexity index is 1010. The summed E-state index contributed by atoms with van der Waals surface area (Å²) in [6.07, 6.45) is 0.168. The van der Waals surface area contributed by atoms with Crippen LogP contribution in [0.4, 0.5) is 0 Å². The number of sulfonamides is 1. The van der Waals surface area contributed by atoms with Crippen molar-refractivity contribution in [2.75, 3.05) is 39.4 Å². The van der Waals surface area contributed by atoms with E-state index in [0.717, 1.165) is 5.56 Å². The third-order valence-electron chi connectivity index (χ3n) is 4.98. The zero-order valence-electron chi connectivity index (χ0n) is 15.7. The van der Waals surface area contributed by atoms with Gasteiger partial charge in [-0.15, -0.1) is 0 Å². The number of hydrogen-bond acceptors (Lipinski definition) is 5. The molecule has 2 aliphatic heterocycles. The molecule has 154 valence electrons. The summed E-state index contributed by atoms with van der Waals surface area (Å²) in [5, 5.41) is 0.420. The molecule has 1 fully saturated rings. The van der Waals surface area contributed by atoms with Gasteiger partial charge in [0, 0.05) is 26.2 Å². The molecule has 29 heavy (non-hydrogen) atoms. The minimum absolute atomic E-state index is 0.0745. The van der Waals surface area contributed by atoms with Gasteiger partial charge >= 0.3 is 0 Å². The highest BCUT2D eigenvalue weighted by atomic mass is 35.5. The van der Waals surface area contributed by atoms with Crippen molar-refractivity contribution in [3.63, 3.8) is 0 Å². The summed E-state index contributed by atoms with van der Waals surface area (Å²) >= 11 is 6.24. The lowest BCUT2D eigenvalue weighted by Crippen LogP contribution is -2.50. The van der Waals surface area contributed by atoms with Crippen molar-refractivity contribution in [1.82, 2.24) is 9.21 Å². The first-order valence-corrected chi connectivity index (χ1v) is 11.2. The molecule has 1 saturated heterocycles. The van der Waals surface area contributed by atoms with Crippen molar-refractivity contribution in [1.29, 1.82) is 0 Å². The van der Waals surface area contributed by atoms with Gasteiger partial charge in [-0.3, -0.25) is 4.79 Å². The largest absolute Gasteiger partial charge is 0.486 e. The quantitative estimate of drug-likeness (QED) is 0.734. The molecule has 2 heterocycles. The summed E-state index contributed by atoms with van der Waals surface area (Å²) < 4.78 is 37.9. The van der Waals surface area contributed by atoms with Gasteiger partial charge in [-0.05, 0) is 29.8 Å². The van der Waals surface area contributed by atoms with Crippen molar-refractivity contribution < 1.29 is 22.7 Å². The van der Waals surface area contributed by atoms with Gasteiger partial charge in [0.2, 0.25) is 15.9 Å². The van der Waals surface area contributed by atoms with Crippen molar-refractivity contribution in [3.8, 4) is 11.5 Å². The van der Waals surface area contributed by atoms with Crippen LogP contribution < -0.4 is 9.47 Å². The minimum Gasteiger partial charge on any atom is -0.486 e. The number of piperazine rings is 1. The first kappa shape index (κ1) is 20.0. The Morgan fingerprint density at radius 1 is 1.00 bits per heavy atom. The van der Waals surface area contributed by atoms with Crippen LogP contribution in [0.5, 0.6) is 11.5 Å². The van der Waals surface area contributed by atoms with Crippen LogP contribution in [0.15, 0.2) is 47.4 Å². The number of fused-ring (bicyclic) bond motifs is 1. The summed E-state index contributed by atoms with van der Waals surface area (Å²) in [4.78, 5) is 14.7. The molecular formula is C20H21ClN2O5S. The molecule has 9 heteroatoms. The fourth-order valence-corrected chi connectivity index (χ4v) is 5.20. The average molecular weight is 437 g/mol. The zero-order chi connectivity index (χ0) is 20.4. The van der Waals surface area contributed by atoms with Gasteiger partial charge in [-0.2, -0.15) is 4.31 Å². The Labute approximate surface area is 174 Å². The van der Waals surface area contributed by atoms with Gasteiger partial charge in [0.1, 0.15) is 13.2 Å². The second kappa shape index (κ2) is 8.22. The van der Waals surface area contributed by atoms with Crippen molar-refractivity contribution in [2.45, 2.75) is 11.3 Å². The minimum atomic E-state index is -3.54. The number of carbonyl (C=O) groups excluding carboxylic acids is 1. The molecule has 0 atom stereocenters. The summed E-state index contributed by atoms with van der Waals surface area (Å²) in [5.41, 5.74) is 0.739. The van der Waals surface area contributed by atoms with Gasteiger partial charge in [0.25, 0.3) is 0 Å². The van der Waals surface area contributed by atoms with E-state index >= 15 is 0 Å². The van der Waals surface area contributed by atoms with Gasteiger partial charge in [-0.1, -0.05) is 29.8 Å². The molecule has 7 nitrogen and oxygen atoms in total. The van der Waals surface area contributed by atoms with Gasteiger partial charge in [-0.25, -0.2) is 8.42 Å². The SMILES string of the molecule is O=C(Cc1cc(Cl)c2c(c1)OCCO2)N1CCN(S(=O)(=O)c2ccccc2)CC1. The monoisotopic (exact) mass is 436 g/mol. The third-order valence-corrected chi connectivity index (χ3v) is 7.18. The first-order valence-electron chi connectivity index (χ1n) is 9.36. The lowest BCUT2D eigenvalue weighted by molar-refractivity contribution is -0.131. The van der Waals surface area contributed by atoms with Crippen LogP contribution in [0.25, 0.3) is 0 Å². The van der Waals surface area contributed by atoms with Gasteiger partial charge in [0.05, 0.1) is 16.3 Å². The second-order valence-electron chi connectivity index (χ2n) is 6.88. The summed E-state index contributed by atoms with van der Waals surface area (Å²) in [5.74, 6) is 0.980. The Hall–Kier alpha value is -2.29. The molecule has 0 radical (unpaired) electrons. The molecule has 2 aromatic carbocycles.